The number of hydrogen-bond donors (Lipinski definition) is 3. The molecule has 1 spiro atoms. The van der Waals surface area contributed by atoms with E-state index < -0.39 is 0 Å². The van der Waals surface area contributed by atoms with Gasteiger partial charge in [0.2, 0.25) is 0 Å². The standard InChI is InChI=1S/C24H23ClN4O3/c25-17-3-6-21-16(9-17)10-19(22(30)28-21)20(26)11-27-18-4-1-15(2-5-18)23(31)29-8-7-24(12-29)13-32-14-24/h1-6,9-11,27H,7-8,12-14,26H2,(H,28,30)/b20-11-. The number of amides is 1. The number of benzene rings is 2. The summed E-state index contributed by atoms with van der Waals surface area (Å²) in [7, 11) is 0. The van der Waals surface area contributed by atoms with Gasteiger partial charge in [0.05, 0.1) is 24.5 Å². The Hall–Kier alpha value is -3.29. The Morgan fingerprint density at radius 1 is 1.19 bits per heavy atom. The number of fused-ring (bicyclic) bond motifs is 1. The maximum atomic E-state index is 12.8. The first-order valence-electron chi connectivity index (χ1n) is 10.4. The Morgan fingerprint density at radius 3 is 2.66 bits per heavy atom. The number of pyridine rings is 1. The Bertz CT molecular complexity index is 1280. The summed E-state index contributed by atoms with van der Waals surface area (Å²) < 4.78 is 5.33. The second-order valence-corrected chi connectivity index (χ2v) is 8.97. The lowest BCUT2D eigenvalue weighted by Gasteiger charge is -2.37. The van der Waals surface area contributed by atoms with E-state index in [0.717, 1.165) is 43.8 Å². The van der Waals surface area contributed by atoms with Crippen molar-refractivity contribution in [2.45, 2.75) is 6.42 Å². The predicted octanol–water partition coefficient (Wildman–Crippen LogP) is 3.41. The lowest BCUT2D eigenvalue weighted by molar-refractivity contribution is -0.103. The highest BCUT2D eigenvalue weighted by Crippen LogP contribution is 2.37. The van der Waals surface area contributed by atoms with Crippen molar-refractivity contribution in [2.24, 2.45) is 11.1 Å². The van der Waals surface area contributed by atoms with Gasteiger partial charge < -0.3 is 25.7 Å². The topological polar surface area (TPSA) is 100 Å². The van der Waals surface area contributed by atoms with Crippen molar-refractivity contribution in [3.63, 3.8) is 0 Å². The molecule has 1 amide bonds. The molecule has 3 heterocycles. The fourth-order valence-corrected chi connectivity index (χ4v) is 4.44. The van der Waals surface area contributed by atoms with E-state index in [1.807, 2.05) is 17.0 Å². The number of aromatic amines is 1. The van der Waals surface area contributed by atoms with Gasteiger partial charge in [-0.05, 0) is 55.0 Å². The van der Waals surface area contributed by atoms with Crippen molar-refractivity contribution in [1.82, 2.24) is 9.88 Å². The van der Waals surface area contributed by atoms with Gasteiger partial charge in [-0.1, -0.05) is 11.6 Å². The van der Waals surface area contributed by atoms with Crippen molar-refractivity contribution in [1.29, 1.82) is 0 Å². The van der Waals surface area contributed by atoms with Crippen molar-refractivity contribution in [2.75, 3.05) is 31.6 Å². The number of nitrogens with zero attached hydrogens (tertiary/aromatic N) is 1. The van der Waals surface area contributed by atoms with Crippen LogP contribution in [0.15, 0.2) is 59.5 Å². The molecule has 1 aromatic heterocycles. The third kappa shape index (κ3) is 3.85. The van der Waals surface area contributed by atoms with E-state index in [0.29, 0.717) is 27.4 Å². The molecule has 5 rings (SSSR count). The minimum Gasteiger partial charge on any atom is -0.397 e. The molecule has 7 nitrogen and oxygen atoms in total. The fourth-order valence-electron chi connectivity index (χ4n) is 4.26. The molecule has 4 N–H and O–H groups in total. The van der Waals surface area contributed by atoms with Crippen molar-refractivity contribution in [3.8, 4) is 0 Å². The minimum absolute atomic E-state index is 0.0386. The highest BCUT2D eigenvalue weighted by atomic mass is 35.5. The van der Waals surface area contributed by atoms with Crippen LogP contribution in [0.1, 0.15) is 22.3 Å². The second kappa shape index (κ2) is 8.00. The van der Waals surface area contributed by atoms with Gasteiger partial charge in [0.1, 0.15) is 0 Å². The Morgan fingerprint density at radius 2 is 1.97 bits per heavy atom. The predicted molar refractivity (Wildman–Crippen MR) is 126 cm³/mol. The molecular weight excluding hydrogens is 428 g/mol. The number of carbonyl (C=O) groups excluding carboxylic acids is 1. The summed E-state index contributed by atoms with van der Waals surface area (Å²) in [6, 6.07) is 14.2. The molecule has 2 aliphatic heterocycles. The maximum absolute atomic E-state index is 12.8. The van der Waals surface area contributed by atoms with Gasteiger partial charge in [-0.2, -0.15) is 0 Å². The number of carbonyl (C=O) groups is 1. The number of halogens is 1. The highest BCUT2D eigenvalue weighted by Gasteiger charge is 2.45. The zero-order valence-corrected chi connectivity index (χ0v) is 18.1. The Kier molecular flexibility index (Phi) is 5.15. The van der Waals surface area contributed by atoms with Crippen LogP contribution in [0.25, 0.3) is 16.6 Å². The number of ether oxygens (including phenoxy) is 1. The first-order valence-corrected chi connectivity index (χ1v) is 10.8. The van der Waals surface area contributed by atoms with Crippen LogP contribution in [0.3, 0.4) is 0 Å². The molecule has 0 radical (unpaired) electrons. The van der Waals surface area contributed by atoms with Crippen LogP contribution in [0, 0.1) is 5.41 Å². The second-order valence-electron chi connectivity index (χ2n) is 8.53. The summed E-state index contributed by atoms with van der Waals surface area (Å²) in [5.41, 5.74) is 8.78. The fraction of sp³-hybridized carbons (Fsp3) is 0.250. The number of anilines is 1. The lowest BCUT2D eigenvalue weighted by atomic mass is 9.85. The quantitative estimate of drug-likeness (QED) is 0.565. The summed E-state index contributed by atoms with van der Waals surface area (Å²) in [6.07, 6.45) is 2.57. The monoisotopic (exact) mass is 450 g/mol. The Labute approximate surface area is 189 Å². The first-order chi connectivity index (χ1) is 15.4. The molecule has 2 saturated heterocycles. The van der Waals surface area contributed by atoms with Crippen LogP contribution >= 0.6 is 11.6 Å². The van der Waals surface area contributed by atoms with Crippen LogP contribution in [0.2, 0.25) is 5.02 Å². The van der Waals surface area contributed by atoms with Gasteiger partial charge in [0.25, 0.3) is 11.5 Å². The average Bonchev–Trinajstić information content (AvgIpc) is 3.24. The third-order valence-corrected chi connectivity index (χ3v) is 6.42. The van der Waals surface area contributed by atoms with Crippen LogP contribution in [0.4, 0.5) is 5.69 Å². The summed E-state index contributed by atoms with van der Waals surface area (Å²) in [4.78, 5) is 29.9. The van der Waals surface area contributed by atoms with E-state index in [4.69, 9.17) is 22.1 Å². The molecule has 0 unspecified atom stereocenters. The zero-order valence-electron chi connectivity index (χ0n) is 17.4. The molecule has 2 fully saturated rings. The number of H-pyrrole nitrogens is 1. The van der Waals surface area contributed by atoms with Gasteiger partial charge in [0, 0.05) is 51.9 Å². The largest absolute Gasteiger partial charge is 0.397 e. The third-order valence-electron chi connectivity index (χ3n) is 6.19. The van der Waals surface area contributed by atoms with Crippen LogP contribution in [-0.4, -0.2) is 42.1 Å². The van der Waals surface area contributed by atoms with E-state index in [1.54, 1.807) is 42.6 Å². The number of nitrogens with two attached hydrogens (primary N) is 1. The molecular formula is C24H23ClN4O3. The summed E-state index contributed by atoms with van der Waals surface area (Å²) >= 11 is 6.05. The van der Waals surface area contributed by atoms with E-state index in [1.165, 1.54) is 0 Å². The number of likely N-dealkylation sites (tertiary alicyclic amines) is 1. The van der Waals surface area contributed by atoms with E-state index in [9.17, 15) is 9.59 Å². The van der Waals surface area contributed by atoms with Crippen LogP contribution < -0.4 is 16.6 Å². The minimum atomic E-state index is -0.281. The molecule has 0 aliphatic carbocycles. The Balaban J connectivity index is 1.28. The molecule has 32 heavy (non-hydrogen) atoms. The van der Waals surface area contributed by atoms with E-state index >= 15 is 0 Å². The molecule has 2 aliphatic rings. The molecule has 0 atom stereocenters. The van der Waals surface area contributed by atoms with Gasteiger partial charge in [-0.25, -0.2) is 0 Å². The average molecular weight is 451 g/mol. The van der Waals surface area contributed by atoms with E-state index in [-0.39, 0.29) is 16.9 Å². The van der Waals surface area contributed by atoms with Gasteiger partial charge in [-0.3, -0.25) is 9.59 Å². The van der Waals surface area contributed by atoms with Crippen molar-refractivity contribution in [3.05, 3.63) is 81.2 Å². The van der Waals surface area contributed by atoms with Crippen LogP contribution in [0.5, 0.6) is 0 Å². The summed E-state index contributed by atoms with van der Waals surface area (Å²) in [6.45, 7) is 3.03. The maximum Gasteiger partial charge on any atom is 0.257 e. The molecule has 164 valence electrons. The SMILES string of the molecule is N/C(=C\Nc1ccc(C(=O)N2CCC3(COC3)C2)cc1)c1cc2cc(Cl)ccc2[nH]c1=O. The van der Waals surface area contributed by atoms with Crippen molar-refractivity contribution >= 4 is 39.8 Å². The molecule has 0 bridgehead atoms. The highest BCUT2D eigenvalue weighted by molar-refractivity contribution is 6.31. The molecule has 3 aromatic rings. The lowest BCUT2D eigenvalue weighted by Crippen LogP contribution is -2.45. The van der Waals surface area contributed by atoms with E-state index in [2.05, 4.69) is 10.3 Å². The number of rotatable bonds is 4. The smallest absolute Gasteiger partial charge is 0.257 e. The van der Waals surface area contributed by atoms with Crippen LogP contribution in [-0.2, 0) is 4.74 Å². The molecule has 0 saturated carbocycles. The normalized spacial score (nSPS) is 17.5. The van der Waals surface area contributed by atoms with Crippen molar-refractivity contribution < 1.29 is 9.53 Å². The summed E-state index contributed by atoms with van der Waals surface area (Å²) in [5.74, 6) is 0.0386. The molecule has 2 aromatic carbocycles. The zero-order chi connectivity index (χ0) is 22.3. The van der Waals surface area contributed by atoms with Gasteiger partial charge in [-0.15, -0.1) is 0 Å². The molecule has 8 heteroatoms. The number of aromatic nitrogens is 1. The first kappa shape index (κ1) is 20.6. The van der Waals surface area contributed by atoms with Gasteiger partial charge >= 0.3 is 0 Å². The number of nitrogens with one attached hydrogen (secondary N) is 2. The van der Waals surface area contributed by atoms with Gasteiger partial charge in [0.15, 0.2) is 0 Å². The number of hydrogen-bond acceptors (Lipinski definition) is 5. The summed E-state index contributed by atoms with van der Waals surface area (Å²) in [5, 5.41) is 4.46.